The van der Waals surface area contributed by atoms with E-state index in [1.165, 1.54) is 4.57 Å². The number of carbonyl (C=O) groups is 1. The molecule has 1 heterocycles. The average molecular weight is 377 g/mol. The van der Waals surface area contributed by atoms with E-state index in [4.69, 9.17) is 4.74 Å². The molecule has 2 amide bonds. The summed E-state index contributed by atoms with van der Waals surface area (Å²) in [4.78, 5) is 25.0. The van der Waals surface area contributed by atoms with E-state index in [1.807, 2.05) is 36.4 Å². The molecule has 1 fully saturated rings. The van der Waals surface area contributed by atoms with Gasteiger partial charge in [0.05, 0.1) is 12.6 Å². The van der Waals surface area contributed by atoms with Gasteiger partial charge in [-0.25, -0.2) is 4.79 Å². The van der Waals surface area contributed by atoms with Crippen LogP contribution in [-0.2, 0) is 12.6 Å². The number of nitrogens with one attached hydrogen (secondary N) is 2. The van der Waals surface area contributed by atoms with Gasteiger partial charge in [-0.15, -0.1) is 0 Å². The molecule has 3 aromatic rings. The number of aryl methyl sites for hydroxylation is 1. The van der Waals surface area contributed by atoms with Crippen molar-refractivity contribution in [2.45, 2.75) is 24.8 Å². The van der Waals surface area contributed by atoms with Crippen LogP contribution in [0.5, 0.6) is 5.75 Å². The number of hydrogen-bond acceptors (Lipinski definition) is 3. The zero-order valence-corrected chi connectivity index (χ0v) is 16.0. The van der Waals surface area contributed by atoms with Gasteiger partial charge in [0.1, 0.15) is 5.75 Å². The molecule has 0 radical (unpaired) electrons. The van der Waals surface area contributed by atoms with Crippen LogP contribution in [0, 0.1) is 0 Å². The van der Waals surface area contributed by atoms with Crippen molar-refractivity contribution in [2.24, 2.45) is 7.05 Å². The molecule has 144 valence electrons. The predicted octanol–water partition coefficient (Wildman–Crippen LogP) is 3.75. The predicted molar refractivity (Wildman–Crippen MR) is 110 cm³/mol. The Kier molecular flexibility index (Phi) is 4.55. The van der Waals surface area contributed by atoms with Crippen LogP contribution in [0.15, 0.2) is 59.5 Å². The number of pyridine rings is 1. The average Bonchev–Trinajstić information content (AvgIpc) is 2.68. The highest BCUT2D eigenvalue weighted by molar-refractivity contribution is 5.93. The van der Waals surface area contributed by atoms with Gasteiger partial charge in [0.2, 0.25) is 0 Å². The molecule has 2 N–H and O–H groups in total. The van der Waals surface area contributed by atoms with Gasteiger partial charge in [0.25, 0.3) is 5.56 Å². The second kappa shape index (κ2) is 7.03. The molecule has 2 aromatic carbocycles. The maximum absolute atomic E-state index is 12.7. The van der Waals surface area contributed by atoms with Crippen molar-refractivity contribution in [3.05, 3.63) is 70.6 Å². The molecule has 6 heteroatoms. The summed E-state index contributed by atoms with van der Waals surface area (Å²) in [7, 11) is 3.35. The molecule has 1 aliphatic rings. The Bertz CT molecular complexity index is 1100. The van der Waals surface area contributed by atoms with Crippen LogP contribution < -0.4 is 20.9 Å². The lowest BCUT2D eigenvalue weighted by Crippen LogP contribution is -2.52. The van der Waals surface area contributed by atoms with Gasteiger partial charge in [0.15, 0.2) is 0 Å². The van der Waals surface area contributed by atoms with Crippen LogP contribution in [0.25, 0.3) is 10.8 Å². The maximum Gasteiger partial charge on any atom is 0.319 e. The molecule has 0 bridgehead atoms. The minimum absolute atomic E-state index is 0.0894. The van der Waals surface area contributed by atoms with Crippen LogP contribution in [0.2, 0.25) is 0 Å². The number of ether oxygens (including phenoxy) is 1. The number of methoxy groups -OCH3 is 1. The van der Waals surface area contributed by atoms with Crippen molar-refractivity contribution >= 4 is 22.5 Å². The lowest BCUT2D eigenvalue weighted by Gasteiger charge is -2.43. The lowest BCUT2D eigenvalue weighted by atomic mass is 9.72. The van der Waals surface area contributed by atoms with E-state index < -0.39 is 0 Å². The van der Waals surface area contributed by atoms with Crippen molar-refractivity contribution in [3.63, 3.8) is 0 Å². The highest BCUT2D eigenvalue weighted by atomic mass is 16.5. The lowest BCUT2D eigenvalue weighted by molar-refractivity contribution is 0.184. The van der Waals surface area contributed by atoms with E-state index >= 15 is 0 Å². The summed E-state index contributed by atoms with van der Waals surface area (Å²) in [6, 6.07) is 14.8. The molecule has 0 atom stereocenters. The number of carbonyl (C=O) groups excluding carboxylic acids is 1. The molecule has 28 heavy (non-hydrogen) atoms. The summed E-state index contributed by atoms with van der Waals surface area (Å²) >= 11 is 0. The number of aromatic nitrogens is 1. The van der Waals surface area contributed by atoms with E-state index in [-0.39, 0.29) is 17.1 Å². The van der Waals surface area contributed by atoms with E-state index in [1.54, 1.807) is 32.5 Å². The molecular formula is C22H23N3O3. The second-order valence-electron chi connectivity index (χ2n) is 7.28. The number of nitrogens with zero attached hydrogens (tertiary/aromatic N) is 1. The van der Waals surface area contributed by atoms with E-state index in [0.29, 0.717) is 11.1 Å². The summed E-state index contributed by atoms with van der Waals surface area (Å²) in [6.07, 6.45) is 4.56. The highest BCUT2D eigenvalue weighted by Crippen LogP contribution is 2.42. The van der Waals surface area contributed by atoms with Gasteiger partial charge in [-0.3, -0.25) is 4.79 Å². The van der Waals surface area contributed by atoms with E-state index in [2.05, 4.69) is 10.6 Å². The Morgan fingerprint density at radius 2 is 1.96 bits per heavy atom. The van der Waals surface area contributed by atoms with Gasteiger partial charge >= 0.3 is 6.03 Å². The standard InChI is InChI=1S/C22H23N3O3/c1-25-12-9-15-7-8-17(14-19(15)20(25)26)23-21(27)24-22(10-4-11-22)16-5-3-6-18(13-16)28-2/h3,5-9,12-14H,4,10-11H2,1-2H3,(H2,23,24,27). The number of benzene rings is 2. The fraction of sp³-hybridized carbons (Fsp3) is 0.273. The Hall–Kier alpha value is -3.28. The van der Waals surface area contributed by atoms with Gasteiger partial charge in [0, 0.05) is 24.3 Å². The molecule has 1 aromatic heterocycles. The molecular weight excluding hydrogens is 354 g/mol. The Balaban J connectivity index is 1.56. The second-order valence-corrected chi connectivity index (χ2v) is 7.28. The number of rotatable bonds is 4. The zero-order chi connectivity index (χ0) is 19.7. The smallest absolute Gasteiger partial charge is 0.319 e. The van der Waals surface area contributed by atoms with E-state index in [9.17, 15) is 9.59 Å². The van der Waals surface area contributed by atoms with Crippen LogP contribution in [0.1, 0.15) is 24.8 Å². The fourth-order valence-electron chi connectivity index (χ4n) is 3.73. The molecule has 4 rings (SSSR count). The van der Waals surface area contributed by atoms with Gasteiger partial charge in [-0.2, -0.15) is 0 Å². The minimum Gasteiger partial charge on any atom is -0.497 e. The number of amides is 2. The van der Waals surface area contributed by atoms with Crippen molar-refractivity contribution in [3.8, 4) is 5.75 Å². The third-order valence-corrected chi connectivity index (χ3v) is 5.52. The van der Waals surface area contributed by atoms with Gasteiger partial charge in [-0.05, 0) is 60.5 Å². The van der Waals surface area contributed by atoms with Crippen molar-refractivity contribution < 1.29 is 9.53 Å². The fourth-order valence-corrected chi connectivity index (χ4v) is 3.73. The molecule has 0 unspecified atom stereocenters. The van der Waals surface area contributed by atoms with Crippen LogP contribution in [0.4, 0.5) is 10.5 Å². The largest absolute Gasteiger partial charge is 0.497 e. The molecule has 0 spiro atoms. The van der Waals surface area contributed by atoms with Crippen molar-refractivity contribution in [1.29, 1.82) is 0 Å². The number of hydrogen-bond donors (Lipinski definition) is 2. The van der Waals surface area contributed by atoms with Crippen LogP contribution >= 0.6 is 0 Å². The minimum atomic E-state index is -0.383. The summed E-state index contributed by atoms with van der Waals surface area (Å²) in [5.74, 6) is 0.774. The first kappa shape index (κ1) is 18.1. The molecule has 0 saturated heterocycles. The number of urea groups is 1. The first-order chi connectivity index (χ1) is 13.5. The Morgan fingerprint density at radius 1 is 1.14 bits per heavy atom. The summed E-state index contributed by atoms with van der Waals surface area (Å²) in [6.45, 7) is 0. The van der Waals surface area contributed by atoms with Gasteiger partial charge in [-0.1, -0.05) is 18.2 Å². The quantitative estimate of drug-likeness (QED) is 0.727. The summed E-state index contributed by atoms with van der Waals surface area (Å²) < 4.78 is 6.85. The maximum atomic E-state index is 12.7. The van der Waals surface area contributed by atoms with Crippen molar-refractivity contribution in [1.82, 2.24) is 9.88 Å². The third-order valence-electron chi connectivity index (χ3n) is 5.52. The first-order valence-corrected chi connectivity index (χ1v) is 9.34. The third kappa shape index (κ3) is 3.22. The zero-order valence-electron chi connectivity index (χ0n) is 16.0. The summed E-state index contributed by atoms with van der Waals surface area (Å²) in [5, 5.41) is 7.43. The van der Waals surface area contributed by atoms with Crippen LogP contribution in [0.3, 0.4) is 0 Å². The number of fused-ring (bicyclic) bond motifs is 1. The summed E-state index contributed by atoms with van der Waals surface area (Å²) in [5.41, 5.74) is 1.16. The highest BCUT2D eigenvalue weighted by Gasteiger charge is 2.40. The molecule has 1 aliphatic carbocycles. The Labute approximate surface area is 163 Å². The van der Waals surface area contributed by atoms with Crippen LogP contribution in [-0.4, -0.2) is 17.7 Å². The monoisotopic (exact) mass is 377 g/mol. The molecule has 6 nitrogen and oxygen atoms in total. The first-order valence-electron chi connectivity index (χ1n) is 9.34. The SMILES string of the molecule is COc1cccc(C2(NC(=O)Nc3ccc4ccn(C)c(=O)c4c3)CCC2)c1. The van der Waals surface area contributed by atoms with Gasteiger partial charge < -0.3 is 19.9 Å². The molecule has 1 saturated carbocycles. The topological polar surface area (TPSA) is 72.4 Å². The van der Waals surface area contributed by atoms with E-state index in [0.717, 1.165) is 36.0 Å². The Morgan fingerprint density at radius 3 is 2.68 bits per heavy atom. The molecule has 0 aliphatic heterocycles. The van der Waals surface area contributed by atoms with Crippen molar-refractivity contribution in [2.75, 3.05) is 12.4 Å². The number of anilines is 1. The normalized spacial score (nSPS) is 14.9.